The molecule has 0 saturated heterocycles. The van der Waals surface area contributed by atoms with Crippen molar-refractivity contribution < 1.29 is 18.3 Å². The third kappa shape index (κ3) is 2.79. The smallest absolute Gasteiger partial charge is 0.182 e. The summed E-state index contributed by atoms with van der Waals surface area (Å²) < 4.78 is 43.3. The number of fused-ring (bicyclic) bond motifs is 5. The maximum Gasteiger partial charge on any atom is 0.182 e. The Labute approximate surface area is 169 Å². The van der Waals surface area contributed by atoms with E-state index in [1.165, 1.54) is 29.5 Å². The van der Waals surface area contributed by atoms with Gasteiger partial charge in [-0.1, -0.05) is 17.4 Å². The second-order valence-corrected chi connectivity index (χ2v) is 8.14. The highest BCUT2D eigenvalue weighted by Gasteiger charge is 2.35. The second-order valence-electron chi connectivity index (χ2n) is 7.18. The van der Waals surface area contributed by atoms with Gasteiger partial charge in [-0.25, -0.2) is 8.78 Å². The molecule has 0 spiro atoms. The van der Waals surface area contributed by atoms with Crippen LogP contribution in [-0.2, 0) is 11.3 Å². The number of aromatic nitrogens is 3. The summed E-state index contributed by atoms with van der Waals surface area (Å²) in [4.78, 5) is 4.70. The molecule has 9 heteroatoms. The molecule has 29 heavy (non-hydrogen) atoms. The number of benzene rings is 1. The Hall–Kier alpha value is -2.65. The van der Waals surface area contributed by atoms with Crippen LogP contribution in [0.15, 0.2) is 23.2 Å². The van der Waals surface area contributed by atoms with Crippen LogP contribution in [0.25, 0.3) is 5.00 Å². The van der Waals surface area contributed by atoms with E-state index in [2.05, 4.69) is 10.2 Å². The van der Waals surface area contributed by atoms with E-state index >= 15 is 0 Å². The zero-order chi connectivity index (χ0) is 20.3. The molecule has 2 aliphatic rings. The van der Waals surface area contributed by atoms with Crippen molar-refractivity contribution in [2.75, 3.05) is 6.61 Å². The van der Waals surface area contributed by atoms with Crippen LogP contribution in [0.5, 0.6) is 5.06 Å². The molecule has 2 atom stereocenters. The van der Waals surface area contributed by atoms with Gasteiger partial charge in [-0.3, -0.25) is 9.56 Å². The van der Waals surface area contributed by atoms with Crippen molar-refractivity contribution in [3.05, 3.63) is 58.2 Å². The van der Waals surface area contributed by atoms with Crippen LogP contribution < -0.4 is 4.74 Å². The molecule has 2 aliphatic heterocycles. The predicted octanol–water partition coefficient (Wildman–Crippen LogP) is 4.12. The van der Waals surface area contributed by atoms with Gasteiger partial charge in [0.25, 0.3) is 0 Å². The Morgan fingerprint density at radius 3 is 2.66 bits per heavy atom. The molecule has 0 fully saturated rings. The molecule has 0 bridgehead atoms. The molecule has 0 saturated carbocycles. The quantitative estimate of drug-likeness (QED) is 0.599. The molecule has 6 nitrogen and oxygen atoms in total. The minimum absolute atomic E-state index is 0.135. The summed E-state index contributed by atoms with van der Waals surface area (Å²) in [6, 6.07) is 3.38. The summed E-state index contributed by atoms with van der Waals surface area (Å²) in [5.74, 6) is -0.0510. The Morgan fingerprint density at radius 1 is 1.14 bits per heavy atom. The van der Waals surface area contributed by atoms with Crippen molar-refractivity contribution in [1.29, 1.82) is 0 Å². The van der Waals surface area contributed by atoms with Gasteiger partial charge < -0.3 is 9.47 Å². The van der Waals surface area contributed by atoms with E-state index in [1.807, 2.05) is 25.3 Å². The molecule has 5 rings (SSSR count). The molecule has 3 aromatic rings. The number of hydrogen-bond donors (Lipinski definition) is 0. The summed E-state index contributed by atoms with van der Waals surface area (Å²) in [5.41, 5.74) is 1.43. The standard InChI is InChI=1S/C20H18F2N4O2S/c1-9-7-27-8-12-15-17(16-13(21)5-4-6-14(16)22)23-10(2)18-25-24-11(3)26(18)19(15)29-20(12)28-9/h4-6,9-10H,7-8H2,1-3H3/t9-,10-/m0/s1. The van der Waals surface area contributed by atoms with E-state index in [4.69, 9.17) is 14.5 Å². The molecule has 0 N–H and O–H groups in total. The summed E-state index contributed by atoms with van der Waals surface area (Å²) in [7, 11) is 0. The van der Waals surface area contributed by atoms with Crippen LogP contribution in [0, 0.1) is 18.6 Å². The number of ether oxygens (including phenoxy) is 2. The zero-order valence-corrected chi connectivity index (χ0v) is 16.9. The van der Waals surface area contributed by atoms with E-state index in [9.17, 15) is 8.78 Å². The third-order valence-electron chi connectivity index (χ3n) is 5.04. The maximum atomic E-state index is 14.8. The van der Waals surface area contributed by atoms with Gasteiger partial charge in [0.15, 0.2) is 10.9 Å². The van der Waals surface area contributed by atoms with Crippen molar-refractivity contribution in [2.45, 2.75) is 39.5 Å². The van der Waals surface area contributed by atoms with Crippen molar-refractivity contribution in [1.82, 2.24) is 14.8 Å². The fourth-order valence-electron chi connectivity index (χ4n) is 3.73. The van der Waals surface area contributed by atoms with Gasteiger partial charge >= 0.3 is 0 Å². The van der Waals surface area contributed by atoms with Crippen LogP contribution in [0.2, 0.25) is 0 Å². The molecular weight excluding hydrogens is 398 g/mol. The first-order chi connectivity index (χ1) is 14.0. The largest absolute Gasteiger partial charge is 0.478 e. The first-order valence-electron chi connectivity index (χ1n) is 9.30. The van der Waals surface area contributed by atoms with Gasteiger partial charge in [-0.15, -0.1) is 10.2 Å². The summed E-state index contributed by atoms with van der Waals surface area (Å²) in [6.07, 6.45) is -0.135. The number of thiophene rings is 1. The summed E-state index contributed by atoms with van der Waals surface area (Å²) in [5, 5.41) is 9.85. The number of hydrogen-bond acceptors (Lipinski definition) is 6. The SMILES string of the molecule is Cc1nnc2n1-c1sc3c(c1C(c1c(F)cccc1F)=N[C@H]2C)COC[C@H](C)O3. The lowest BCUT2D eigenvalue weighted by Crippen LogP contribution is -2.15. The lowest BCUT2D eigenvalue weighted by molar-refractivity contribution is 0.0691. The lowest BCUT2D eigenvalue weighted by Gasteiger charge is -2.12. The fourth-order valence-corrected chi connectivity index (χ4v) is 5.04. The predicted molar refractivity (Wildman–Crippen MR) is 104 cm³/mol. The van der Waals surface area contributed by atoms with Crippen LogP contribution in [0.1, 0.15) is 48.2 Å². The van der Waals surface area contributed by atoms with E-state index in [0.717, 1.165) is 10.6 Å². The highest BCUT2D eigenvalue weighted by molar-refractivity contribution is 7.17. The van der Waals surface area contributed by atoms with Crippen molar-refractivity contribution in [3.63, 3.8) is 0 Å². The molecule has 4 heterocycles. The number of halogens is 2. The van der Waals surface area contributed by atoms with Crippen molar-refractivity contribution in [2.24, 2.45) is 4.99 Å². The number of rotatable bonds is 1. The topological polar surface area (TPSA) is 61.5 Å². The Bertz CT molecular complexity index is 1130. The van der Waals surface area contributed by atoms with Gasteiger partial charge in [-0.05, 0) is 32.9 Å². The van der Waals surface area contributed by atoms with Crippen LogP contribution >= 0.6 is 11.3 Å². The normalized spacial score (nSPS) is 20.7. The molecule has 0 aliphatic carbocycles. The van der Waals surface area contributed by atoms with Gasteiger partial charge in [0.05, 0.1) is 24.5 Å². The zero-order valence-electron chi connectivity index (χ0n) is 16.1. The first kappa shape index (κ1) is 18.4. The third-order valence-corrected chi connectivity index (χ3v) is 6.15. The monoisotopic (exact) mass is 416 g/mol. The van der Waals surface area contributed by atoms with Crippen LogP contribution in [-0.4, -0.2) is 33.2 Å². The van der Waals surface area contributed by atoms with Gasteiger partial charge in [-0.2, -0.15) is 0 Å². The number of aliphatic imine (C=N–C) groups is 1. The minimum atomic E-state index is -0.667. The van der Waals surface area contributed by atoms with Gasteiger partial charge in [0, 0.05) is 11.1 Å². The highest BCUT2D eigenvalue weighted by atomic mass is 32.1. The maximum absolute atomic E-state index is 14.8. The Balaban J connectivity index is 1.86. The Morgan fingerprint density at radius 2 is 1.90 bits per heavy atom. The average Bonchev–Trinajstić information content (AvgIpc) is 3.11. The number of aryl methyl sites for hydroxylation is 1. The minimum Gasteiger partial charge on any atom is -0.478 e. The van der Waals surface area contributed by atoms with E-state index < -0.39 is 17.7 Å². The fraction of sp³-hybridized carbons (Fsp3) is 0.350. The highest BCUT2D eigenvalue weighted by Crippen LogP contribution is 2.45. The van der Waals surface area contributed by atoms with Gasteiger partial charge in [0.2, 0.25) is 0 Å². The first-order valence-corrected chi connectivity index (χ1v) is 10.1. The lowest BCUT2D eigenvalue weighted by atomic mass is 9.99. The number of nitrogens with zero attached hydrogens (tertiary/aromatic N) is 4. The van der Waals surface area contributed by atoms with Crippen LogP contribution in [0.3, 0.4) is 0 Å². The second kappa shape index (κ2) is 6.70. The van der Waals surface area contributed by atoms with Gasteiger partial charge in [0.1, 0.15) is 34.6 Å². The molecule has 150 valence electrons. The summed E-state index contributed by atoms with van der Waals surface area (Å²) in [6.45, 7) is 6.30. The molecule has 0 radical (unpaired) electrons. The van der Waals surface area contributed by atoms with E-state index in [-0.39, 0.29) is 24.0 Å². The van der Waals surface area contributed by atoms with Crippen molar-refractivity contribution >= 4 is 17.0 Å². The molecule has 2 aromatic heterocycles. The molecular formula is C20H18F2N4O2S. The summed E-state index contributed by atoms with van der Waals surface area (Å²) >= 11 is 1.40. The van der Waals surface area contributed by atoms with Crippen LogP contribution in [0.4, 0.5) is 8.78 Å². The molecule has 1 aromatic carbocycles. The molecule has 0 amide bonds. The van der Waals surface area contributed by atoms with Crippen molar-refractivity contribution in [3.8, 4) is 10.1 Å². The van der Waals surface area contributed by atoms with E-state index in [0.29, 0.717) is 28.9 Å². The van der Waals surface area contributed by atoms with E-state index in [1.54, 1.807) is 0 Å². The molecule has 0 unspecified atom stereocenters. The Kier molecular flexibility index (Phi) is 4.25. The average molecular weight is 416 g/mol.